The molecule has 0 saturated carbocycles. The van der Waals surface area contributed by atoms with Crippen LogP contribution in [-0.2, 0) is 0 Å². The summed E-state index contributed by atoms with van der Waals surface area (Å²) < 4.78 is 0. The lowest BCUT2D eigenvalue weighted by atomic mass is 10.0. The minimum absolute atomic E-state index is 0.157. The van der Waals surface area contributed by atoms with E-state index in [9.17, 15) is 9.59 Å². The van der Waals surface area contributed by atoms with E-state index in [-0.39, 0.29) is 5.78 Å². The number of amides is 2. The number of rotatable bonds is 7. The van der Waals surface area contributed by atoms with Gasteiger partial charge in [-0.05, 0) is 48.4 Å². The smallest absolute Gasteiger partial charge is 0.323 e. The Bertz CT molecular complexity index is 1170. The number of nitrogens with one attached hydrogen (secondary N) is 2. The number of carbonyl (C=O) groups is 2. The molecule has 160 valence electrons. The van der Waals surface area contributed by atoms with Crippen LogP contribution in [0.15, 0.2) is 109 Å². The summed E-state index contributed by atoms with van der Waals surface area (Å²) in [6.45, 7) is 5.55. The Labute approximate surface area is 188 Å². The molecule has 0 aliphatic rings. The van der Waals surface area contributed by atoms with Crippen LogP contribution >= 0.6 is 0 Å². The topological polar surface area (TPSA) is 84.2 Å². The van der Waals surface area contributed by atoms with Gasteiger partial charge in [0.15, 0.2) is 5.78 Å². The molecular weight excluding hydrogens is 398 g/mol. The Kier molecular flexibility index (Phi) is 7.38. The molecule has 0 radical (unpaired) electrons. The van der Waals surface area contributed by atoms with Crippen molar-refractivity contribution in [3.8, 4) is 0 Å². The number of hydrogen-bond acceptors (Lipinski definition) is 3. The molecule has 0 aromatic heterocycles. The van der Waals surface area contributed by atoms with Crippen LogP contribution in [0.25, 0.3) is 5.57 Å². The number of urea groups is 1. The fourth-order valence-corrected chi connectivity index (χ4v) is 3.17. The molecule has 0 bridgehead atoms. The highest BCUT2D eigenvalue weighted by Gasteiger charge is 2.14. The summed E-state index contributed by atoms with van der Waals surface area (Å²) in [5, 5.41) is 5.57. The zero-order chi connectivity index (χ0) is 22.9. The first-order valence-corrected chi connectivity index (χ1v) is 10.1. The number of nitrogens with two attached hydrogens (primary N) is 1. The Morgan fingerprint density at radius 3 is 2.16 bits per heavy atom. The molecular formula is C27H25N3O2. The van der Waals surface area contributed by atoms with Crippen LogP contribution in [0.5, 0.6) is 0 Å². The second-order valence-electron chi connectivity index (χ2n) is 7.14. The monoisotopic (exact) mass is 423 g/mol. The third-order valence-electron chi connectivity index (χ3n) is 4.61. The zero-order valence-electron chi connectivity index (χ0n) is 17.8. The Morgan fingerprint density at radius 2 is 1.50 bits per heavy atom. The third kappa shape index (κ3) is 5.83. The summed E-state index contributed by atoms with van der Waals surface area (Å²) in [6.07, 6.45) is 5.42. The van der Waals surface area contributed by atoms with E-state index in [0.29, 0.717) is 28.2 Å². The maximum absolute atomic E-state index is 12.8. The summed E-state index contributed by atoms with van der Waals surface area (Å²) in [4.78, 5) is 25.4. The molecule has 0 unspecified atom stereocenters. The molecule has 0 fully saturated rings. The second-order valence-corrected chi connectivity index (χ2v) is 7.14. The summed E-state index contributed by atoms with van der Waals surface area (Å²) >= 11 is 0. The minimum Gasteiger partial charge on any atom is -0.402 e. The molecule has 3 aromatic carbocycles. The molecule has 0 aliphatic carbocycles. The van der Waals surface area contributed by atoms with Gasteiger partial charge in [-0.2, -0.15) is 0 Å². The predicted molar refractivity (Wildman–Crippen MR) is 132 cm³/mol. The van der Waals surface area contributed by atoms with Gasteiger partial charge in [-0.15, -0.1) is 0 Å². The molecule has 0 spiro atoms. The second kappa shape index (κ2) is 10.6. The molecule has 4 N–H and O–H groups in total. The number of para-hydroxylation sites is 1. The van der Waals surface area contributed by atoms with E-state index < -0.39 is 6.03 Å². The number of ketones is 1. The lowest BCUT2D eigenvalue weighted by molar-refractivity contribution is 0.103. The van der Waals surface area contributed by atoms with Gasteiger partial charge in [0, 0.05) is 22.5 Å². The van der Waals surface area contributed by atoms with Crippen LogP contribution in [-0.4, -0.2) is 11.8 Å². The quantitative estimate of drug-likeness (QED) is 0.322. The van der Waals surface area contributed by atoms with Gasteiger partial charge >= 0.3 is 6.03 Å². The maximum Gasteiger partial charge on any atom is 0.323 e. The zero-order valence-corrected chi connectivity index (χ0v) is 17.8. The number of benzene rings is 3. The van der Waals surface area contributed by atoms with Crippen LogP contribution in [0.4, 0.5) is 16.2 Å². The average molecular weight is 424 g/mol. The molecule has 5 heteroatoms. The molecule has 0 aliphatic heterocycles. The number of anilines is 2. The molecule has 0 saturated heterocycles. The fourth-order valence-electron chi connectivity index (χ4n) is 3.17. The van der Waals surface area contributed by atoms with E-state index in [2.05, 4.69) is 17.2 Å². The van der Waals surface area contributed by atoms with E-state index in [0.717, 1.165) is 11.1 Å². The van der Waals surface area contributed by atoms with Crippen molar-refractivity contribution >= 4 is 28.8 Å². The first kappa shape index (κ1) is 22.3. The van der Waals surface area contributed by atoms with Crippen molar-refractivity contribution in [2.75, 3.05) is 10.6 Å². The first-order chi connectivity index (χ1) is 15.5. The fraction of sp³-hybridized carbons (Fsp3) is 0.0370. The van der Waals surface area contributed by atoms with E-state index >= 15 is 0 Å². The van der Waals surface area contributed by atoms with Crippen molar-refractivity contribution in [1.29, 1.82) is 0 Å². The third-order valence-corrected chi connectivity index (χ3v) is 4.61. The van der Waals surface area contributed by atoms with Gasteiger partial charge < -0.3 is 16.4 Å². The molecule has 32 heavy (non-hydrogen) atoms. The Morgan fingerprint density at radius 1 is 0.844 bits per heavy atom. The van der Waals surface area contributed by atoms with Crippen molar-refractivity contribution in [2.45, 2.75) is 6.92 Å². The van der Waals surface area contributed by atoms with E-state index in [1.54, 1.807) is 66.7 Å². The Hall–Kier alpha value is -4.38. The summed E-state index contributed by atoms with van der Waals surface area (Å²) in [7, 11) is 0. The number of carbonyl (C=O) groups excluding carboxylic acids is 2. The highest BCUT2D eigenvalue weighted by Crippen LogP contribution is 2.22. The summed E-state index contributed by atoms with van der Waals surface area (Å²) in [5.41, 5.74) is 10.4. The van der Waals surface area contributed by atoms with Crippen molar-refractivity contribution in [3.63, 3.8) is 0 Å². The van der Waals surface area contributed by atoms with Crippen molar-refractivity contribution in [1.82, 2.24) is 0 Å². The predicted octanol–water partition coefficient (Wildman–Crippen LogP) is 5.99. The van der Waals surface area contributed by atoms with Gasteiger partial charge in [0.05, 0.1) is 5.69 Å². The average Bonchev–Trinajstić information content (AvgIpc) is 2.79. The van der Waals surface area contributed by atoms with Crippen molar-refractivity contribution < 1.29 is 9.59 Å². The minimum atomic E-state index is -0.439. The van der Waals surface area contributed by atoms with Crippen molar-refractivity contribution in [2.24, 2.45) is 5.73 Å². The SMILES string of the molecule is C=C/C=C(\C=C(\C)N)c1ccc(NC(=O)Nc2ccccc2C(=O)c2ccccc2)cc1. The Balaban J connectivity index is 1.73. The molecule has 5 nitrogen and oxygen atoms in total. The van der Waals surface area contributed by atoms with E-state index in [4.69, 9.17) is 5.73 Å². The van der Waals surface area contributed by atoms with Crippen LogP contribution < -0.4 is 16.4 Å². The van der Waals surface area contributed by atoms with Crippen LogP contribution in [0, 0.1) is 0 Å². The highest BCUT2D eigenvalue weighted by atomic mass is 16.2. The van der Waals surface area contributed by atoms with E-state index in [1.165, 1.54) is 0 Å². The van der Waals surface area contributed by atoms with Gasteiger partial charge in [-0.25, -0.2) is 4.79 Å². The molecule has 0 heterocycles. The normalized spacial score (nSPS) is 11.5. The van der Waals surface area contributed by atoms with Crippen LogP contribution in [0.1, 0.15) is 28.4 Å². The standard InChI is InChI=1S/C27H25N3O2/c1-3-9-22(18-19(2)28)20-14-16-23(17-15-20)29-27(32)30-25-13-8-7-12-24(25)26(31)21-10-5-4-6-11-21/h3-18H,1,28H2,2H3,(H2,29,30,32)/b19-18-,22-9+. The van der Waals surface area contributed by atoms with Gasteiger partial charge in [-0.1, -0.05) is 73.3 Å². The van der Waals surface area contributed by atoms with Crippen LogP contribution in [0.3, 0.4) is 0 Å². The van der Waals surface area contributed by atoms with Crippen LogP contribution in [0.2, 0.25) is 0 Å². The van der Waals surface area contributed by atoms with Gasteiger partial charge in [0.25, 0.3) is 0 Å². The largest absolute Gasteiger partial charge is 0.402 e. The molecule has 3 rings (SSSR count). The first-order valence-electron chi connectivity index (χ1n) is 10.1. The summed E-state index contributed by atoms with van der Waals surface area (Å²) in [5.74, 6) is -0.157. The molecule has 3 aromatic rings. The maximum atomic E-state index is 12.8. The van der Waals surface area contributed by atoms with Gasteiger partial charge in [0.2, 0.25) is 0 Å². The summed E-state index contributed by atoms with van der Waals surface area (Å²) in [6, 6.07) is 22.8. The lowest BCUT2D eigenvalue weighted by Crippen LogP contribution is -2.21. The number of hydrogen-bond donors (Lipinski definition) is 3. The lowest BCUT2D eigenvalue weighted by Gasteiger charge is -2.12. The van der Waals surface area contributed by atoms with Gasteiger partial charge in [-0.3, -0.25) is 4.79 Å². The molecule has 0 atom stereocenters. The molecule has 2 amide bonds. The highest BCUT2D eigenvalue weighted by molar-refractivity contribution is 6.14. The van der Waals surface area contributed by atoms with Gasteiger partial charge in [0.1, 0.15) is 0 Å². The van der Waals surface area contributed by atoms with E-state index in [1.807, 2.05) is 37.3 Å². The number of allylic oxidation sites excluding steroid dienone is 5. The van der Waals surface area contributed by atoms with Crippen molar-refractivity contribution in [3.05, 3.63) is 126 Å².